The van der Waals surface area contributed by atoms with Gasteiger partial charge in [0.1, 0.15) is 0 Å². The van der Waals surface area contributed by atoms with Crippen molar-refractivity contribution in [2.24, 2.45) is 5.92 Å². The second-order valence-corrected chi connectivity index (χ2v) is 3.93. The Morgan fingerprint density at radius 1 is 1.31 bits per heavy atom. The van der Waals surface area contributed by atoms with E-state index < -0.39 is 6.29 Å². The minimum absolute atomic E-state index is 0.277. The summed E-state index contributed by atoms with van der Waals surface area (Å²) < 4.78 is 5.34. The third-order valence-electron chi connectivity index (χ3n) is 2.94. The van der Waals surface area contributed by atoms with Crippen molar-refractivity contribution in [1.29, 1.82) is 0 Å². The predicted molar refractivity (Wildman–Crippen MR) is 47.8 cm³/mol. The van der Waals surface area contributed by atoms with Gasteiger partial charge < -0.3 is 14.9 Å². The molecule has 0 bridgehead atoms. The van der Waals surface area contributed by atoms with Gasteiger partial charge in [-0.3, -0.25) is 0 Å². The van der Waals surface area contributed by atoms with Crippen LogP contribution in [0.15, 0.2) is 11.3 Å². The smallest absolute Gasteiger partial charge is 0.197 e. The Hall–Kier alpha value is -0.540. The number of hydrogen-bond acceptors (Lipinski definition) is 3. The van der Waals surface area contributed by atoms with Crippen LogP contribution in [0.25, 0.3) is 0 Å². The Morgan fingerprint density at radius 2 is 2.15 bits per heavy atom. The Labute approximate surface area is 78.0 Å². The van der Waals surface area contributed by atoms with Gasteiger partial charge in [-0.05, 0) is 30.8 Å². The molecule has 13 heavy (non-hydrogen) atoms. The Balaban J connectivity index is 2.05. The molecule has 0 aromatic carbocycles. The van der Waals surface area contributed by atoms with Crippen LogP contribution in [-0.2, 0) is 4.74 Å². The van der Waals surface area contributed by atoms with Crippen molar-refractivity contribution in [3.8, 4) is 0 Å². The molecule has 0 saturated carbocycles. The minimum Gasteiger partial charge on any atom is -0.470 e. The minimum atomic E-state index is -0.593. The standard InChI is InChI=1S/C10H16O3/c11-6-7-1-3-9-8(5-7)2-4-10(12)13-9/h7,10-12H,1-6H2. The number of ether oxygens (including phenoxy) is 1. The van der Waals surface area contributed by atoms with E-state index in [1.807, 2.05) is 0 Å². The van der Waals surface area contributed by atoms with E-state index in [4.69, 9.17) is 9.84 Å². The second-order valence-electron chi connectivity index (χ2n) is 3.93. The SMILES string of the molecule is OCC1CCC2=C(CCC(O)O2)C1. The molecule has 0 saturated heterocycles. The first-order valence-corrected chi connectivity index (χ1v) is 4.96. The maximum Gasteiger partial charge on any atom is 0.197 e. The molecule has 1 aliphatic carbocycles. The van der Waals surface area contributed by atoms with Crippen molar-refractivity contribution in [3.05, 3.63) is 11.3 Å². The Bertz CT molecular complexity index is 222. The van der Waals surface area contributed by atoms with E-state index in [1.165, 1.54) is 5.57 Å². The zero-order chi connectivity index (χ0) is 9.26. The number of rotatable bonds is 1. The molecule has 0 amide bonds. The van der Waals surface area contributed by atoms with E-state index >= 15 is 0 Å². The van der Waals surface area contributed by atoms with Crippen LogP contribution < -0.4 is 0 Å². The van der Waals surface area contributed by atoms with E-state index in [2.05, 4.69) is 0 Å². The molecule has 3 nitrogen and oxygen atoms in total. The summed E-state index contributed by atoms with van der Waals surface area (Å²) in [5.41, 5.74) is 1.32. The van der Waals surface area contributed by atoms with Gasteiger partial charge in [0.2, 0.25) is 0 Å². The highest BCUT2D eigenvalue weighted by Gasteiger charge is 2.26. The van der Waals surface area contributed by atoms with Crippen LogP contribution in [0.2, 0.25) is 0 Å². The largest absolute Gasteiger partial charge is 0.470 e. The van der Waals surface area contributed by atoms with Gasteiger partial charge in [0.15, 0.2) is 6.29 Å². The molecule has 1 aliphatic heterocycles. The topological polar surface area (TPSA) is 49.7 Å². The van der Waals surface area contributed by atoms with Crippen molar-refractivity contribution in [1.82, 2.24) is 0 Å². The van der Waals surface area contributed by atoms with Gasteiger partial charge in [-0.1, -0.05) is 0 Å². The molecule has 0 aromatic rings. The van der Waals surface area contributed by atoms with Gasteiger partial charge >= 0.3 is 0 Å². The highest BCUT2D eigenvalue weighted by molar-refractivity contribution is 5.15. The first-order valence-electron chi connectivity index (χ1n) is 4.96. The Kier molecular flexibility index (Phi) is 2.56. The van der Waals surface area contributed by atoms with E-state index in [0.29, 0.717) is 12.3 Å². The second kappa shape index (κ2) is 3.68. The molecule has 2 aliphatic rings. The zero-order valence-corrected chi connectivity index (χ0v) is 7.70. The summed E-state index contributed by atoms with van der Waals surface area (Å²) in [4.78, 5) is 0. The first kappa shape index (κ1) is 9.03. The molecular formula is C10H16O3. The van der Waals surface area contributed by atoms with Gasteiger partial charge in [0.05, 0.1) is 5.76 Å². The van der Waals surface area contributed by atoms with Crippen LogP contribution in [0, 0.1) is 5.92 Å². The van der Waals surface area contributed by atoms with E-state index in [1.54, 1.807) is 0 Å². The molecule has 0 spiro atoms. The lowest BCUT2D eigenvalue weighted by Crippen LogP contribution is -2.23. The van der Waals surface area contributed by atoms with Crippen molar-refractivity contribution >= 4 is 0 Å². The van der Waals surface area contributed by atoms with E-state index in [0.717, 1.165) is 31.4 Å². The monoisotopic (exact) mass is 184 g/mol. The number of aliphatic hydroxyl groups excluding tert-OH is 2. The van der Waals surface area contributed by atoms with E-state index in [-0.39, 0.29) is 6.61 Å². The Morgan fingerprint density at radius 3 is 2.92 bits per heavy atom. The molecular weight excluding hydrogens is 168 g/mol. The number of aliphatic hydroxyl groups is 2. The highest BCUT2D eigenvalue weighted by Crippen LogP contribution is 2.36. The average molecular weight is 184 g/mol. The van der Waals surface area contributed by atoms with Crippen molar-refractivity contribution in [3.63, 3.8) is 0 Å². The lowest BCUT2D eigenvalue weighted by Gasteiger charge is -2.31. The number of allylic oxidation sites excluding steroid dienone is 2. The normalized spacial score (nSPS) is 34.0. The maximum absolute atomic E-state index is 9.27. The van der Waals surface area contributed by atoms with Crippen LogP contribution in [-0.4, -0.2) is 23.1 Å². The summed E-state index contributed by atoms with van der Waals surface area (Å²) in [5, 5.41) is 18.3. The summed E-state index contributed by atoms with van der Waals surface area (Å²) in [6.45, 7) is 0.277. The molecule has 0 aromatic heterocycles. The molecule has 2 N–H and O–H groups in total. The lowest BCUT2D eigenvalue weighted by molar-refractivity contribution is -0.0857. The molecule has 2 atom stereocenters. The molecule has 0 radical (unpaired) electrons. The van der Waals surface area contributed by atoms with Crippen LogP contribution in [0.3, 0.4) is 0 Å². The quantitative estimate of drug-likeness (QED) is 0.643. The molecule has 2 unspecified atom stereocenters. The molecule has 3 heteroatoms. The van der Waals surface area contributed by atoms with Gasteiger partial charge in [-0.25, -0.2) is 0 Å². The third kappa shape index (κ3) is 1.86. The van der Waals surface area contributed by atoms with Crippen molar-refractivity contribution < 1.29 is 14.9 Å². The maximum atomic E-state index is 9.27. The molecule has 0 fully saturated rings. The average Bonchev–Trinajstić information content (AvgIpc) is 2.17. The van der Waals surface area contributed by atoms with Crippen LogP contribution in [0.1, 0.15) is 32.1 Å². The first-order chi connectivity index (χ1) is 6.29. The summed E-state index contributed by atoms with van der Waals surface area (Å²) in [5.74, 6) is 1.40. The fourth-order valence-electron chi connectivity index (χ4n) is 2.14. The van der Waals surface area contributed by atoms with Crippen LogP contribution >= 0.6 is 0 Å². The van der Waals surface area contributed by atoms with Crippen molar-refractivity contribution in [2.45, 2.75) is 38.4 Å². The molecule has 74 valence electrons. The summed E-state index contributed by atoms with van der Waals surface area (Å²) in [7, 11) is 0. The fourth-order valence-corrected chi connectivity index (χ4v) is 2.14. The van der Waals surface area contributed by atoms with Gasteiger partial charge in [0.25, 0.3) is 0 Å². The number of hydrogen-bond donors (Lipinski definition) is 2. The fraction of sp³-hybridized carbons (Fsp3) is 0.800. The van der Waals surface area contributed by atoms with Gasteiger partial charge in [-0.2, -0.15) is 0 Å². The molecule has 2 rings (SSSR count). The van der Waals surface area contributed by atoms with Gasteiger partial charge in [-0.15, -0.1) is 0 Å². The summed E-state index contributed by atoms with van der Waals surface area (Å²) in [6, 6.07) is 0. The van der Waals surface area contributed by atoms with Gasteiger partial charge in [0, 0.05) is 19.4 Å². The van der Waals surface area contributed by atoms with Crippen LogP contribution in [0.5, 0.6) is 0 Å². The predicted octanol–water partition coefficient (Wildman–Crippen LogP) is 1.16. The third-order valence-corrected chi connectivity index (χ3v) is 2.94. The van der Waals surface area contributed by atoms with Crippen molar-refractivity contribution in [2.75, 3.05) is 6.61 Å². The molecule has 1 heterocycles. The lowest BCUT2D eigenvalue weighted by atomic mass is 9.85. The van der Waals surface area contributed by atoms with E-state index in [9.17, 15) is 5.11 Å². The summed E-state index contributed by atoms with van der Waals surface area (Å²) in [6.07, 6.45) is 3.88. The van der Waals surface area contributed by atoms with Crippen LogP contribution in [0.4, 0.5) is 0 Å². The summed E-state index contributed by atoms with van der Waals surface area (Å²) >= 11 is 0. The zero-order valence-electron chi connectivity index (χ0n) is 7.70. The highest BCUT2D eigenvalue weighted by atomic mass is 16.6.